The van der Waals surface area contributed by atoms with Crippen molar-refractivity contribution in [3.8, 4) is 0 Å². The summed E-state index contributed by atoms with van der Waals surface area (Å²) in [7, 11) is 0. The predicted octanol–water partition coefficient (Wildman–Crippen LogP) is 2.04. The first kappa shape index (κ1) is 8.16. The van der Waals surface area contributed by atoms with Gasteiger partial charge in [-0.05, 0) is 12.5 Å². The molecule has 13 heavy (non-hydrogen) atoms. The normalized spacial score (nSPS) is 18.2. The third-order valence-electron chi connectivity index (χ3n) is 2.13. The monoisotopic (exact) mass is 183 g/mol. The first-order valence-corrected chi connectivity index (χ1v) is 3.83. The highest BCUT2D eigenvalue weighted by atomic mass is 19.3. The molecule has 0 saturated carbocycles. The Labute approximate surface area is 73.6 Å². The van der Waals surface area contributed by atoms with Crippen LogP contribution in [0.15, 0.2) is 18.2 Å². The van der Waals surface area contributed by atoms with Crippen molar-refractivity contribution in [2.45, 2.75) is 12.8 Å². The SMILES string of the molecule is Cc1cccc2c1NC(=O)C2(F)F. The van der Waals surface area contributed by atoms with Gasteiger partial charge in [0, 0.05) is 0 Å². The molecule has 0 aromatic heterocycles. The fourth-order valence-electron chi connectivity index (χ4n) is 1.41. The highest BCUT2D eigenvalue weighted by Crippen LogP contribution is 2.41. The van der Waals surface area contributed by atoms with Crippen LogP contribution in [-0.2, 0) is 10.7 Å². The Hall–Kier alpha value is -1.45. The molecule has 4 heteroatoms. The van der Waals surface area contributed by atoms with Crippen molar-refractivity contribution in [3.05, 3.63) is 29.3 Å². The molecule has 2 rings (SSSR count). The number of anilines is 1. The number of amides is 1. The van der Waals surface area contributed by atoms with E-state index >= 15 is 0 Å². The van der Waals surface area contributed by atoms with Crippen molar-refractivity contribution in [2.24, 2.45) is 0 Å². The molecule has 1 aliphatic heterocycles. The van der Waals surface area contributed by atoms with E-state index in [0.717, 1.165) is 0 Å². The van der Waals surface area contributed by atoms with E-state index in [2.05, 4.69) is 5.32 Å². The van der Waals surface area contributed by atoms with Crippen LogP contribution in [0.2, 0.25) is 0 Å². The summed E-state index contributed by atoms with van der Waals surface area (Å²) in [6.07, 6.45) is 0. The van der Waals surface area contributed by atoms with Gasteiger partial charge >= 0.3 is 5.92 Å². The molecule has 1 aromatic rings. The predicted molar refractivity (Wildman–Crippen MR) is 43.7 cm³/mol. The lowest BCUT2D eigenvalue weighted by atomic mass is 10.1. The van der Waals surface area contributed by atoms with Gasteiger partial charge in [0.25, 0.3) is 5.91 Å². The Bertz CT molecular complexity index is 387. The van der Waals surface area contributed by atoms with Gasteiger partial charge in [-0.25, -0.2) is 0 Å². The molecular formula is C9H7F2NO. The van der Waals surface area contributed by atoms with E-state index in [1.165, 1.54) is 12.1 Å². The van der Waals surface area contributed by atoms with Crippen molar-refractivity contribution >= 4 is 11.6 Å². The fraction of sp³-hybridized carbons (Fsp3) is 0.222. The highest BCUT2D eigenvalue weighted by Gasteiger charge is 2.48. The molecule has 0 bridgehead atoms. The number of nitrogens with one attached hydrogen (secondary N) is 1. The van der Waals surface area contributed by atoms with Gasteiger partial charge in [0.15, 0.2) is 0 Å². The van der Waals surface area contributed by atoms with E-state index < -0.39 is 11.8 Å². The van der Waals surface area contributed by atoms with E-state index in [4.69, 9.17) is 0 Å². The molecule has 1 N–H and O–H groups in total. The molecular weight excluding hydrogens is 176 g/mol. The quantitative estimate of drug-likeness (QED) is 0.655. The number of benzene rings is 1. The molecule has 1 amide bonds. The third kappa shape index (κ3) is 0.946. The zero-order valence-corrected chi connectivity index (χ0v) is 6.90. The van der Waals surface area contributed by atoms with Crippen molar-refractivity contribution in [3.63, 3.8) is 0 Å². The lowest BCUT2D eigenvalue weighted by Crippen LogP contribution is -2.23. The summed E-state index contributed by atoms with van der Waals surface area (Å²) in [5.74, 6) is -4.61. The first-order valence-electron chi connectivity index (χ1n) is 3.83. The van der Waals surface area contributed by atoms with Crippen molar-refractivity contribution < 1.29 is 13.6 Å². The lowest BCUT2D eigenvalue weighted by molar-refractivity contribution is -0.139. The maximum absolute atomic E-state index is 13.1. The molecule has 1 heterocycles. The Morgan fingerprint density at radius 1 is 1.38 bits per heavy atom. The molecule has 1 aromatic carbocycles. The molecule has 0 unspecified atom stereocenters. The number of carbonyl (C=O) groups is 1. The van der Waals surface area contributed by atoms with Crippen molar-refractivity contribution in [2.75, 3.05) is 5.32 Å². The Morgan fingerprint density at radius 3 is 2.69 bits per heavy atom. The fourth-order valence-corrected chi connectivity index (χ4v) is 1.41. The van der Waals surface area contributed by atoms with Crippen LogP contribution < -0.4 is 5.32 Å². The van der Waals surface area contributed by atoms with Crippen LogP contribution in [0.4, 0.5) is 14.5 Å². The molecule has 0 atom stereocenters. The Balaban J connectivity index is 2.68. The zero-order chi connectivity index (χ0) is 9.64. The second kappa shape index (κ2) is 2.28. The Morgan fingerprint density at radius 2 is 2.08 bits per heavy atom. The topological polar surface area (TPSA) is 29.1 Å². The molecule has 0 saturated heterocycles. The summed E-state index contributed by atoms with van der Waals surface area (Å²) in [6, 6.07) is 4.46. The van der Waals surface area contributed by atoms with Gasteiger partial charge in [-0.15, -0.1) is 0 Å². The standard InChI is InChI=1S/C9H7F2NO/c1-5-3-2-4-6-7(5)12-8(13)9(6,10)11/h2-4H,1H3,(H,12,13). The second-order valence-corrected chi connectivity index (χ2v) is 3.03. The Kier molecular flexibility index (Phi) is 1.43. The van der Waals surface area contributed by atoms with E-state index in [1.807, 2.05) is 0 Å². The summed E-state index contributed by atoms with van der Waals surface area (Å²) < 4.78 is 26.2. The molecule has 2 nitrogen and oxygen atoms in total. The molecule has 1 aliphatic rings. The second-order valence-electron chi connectivity index (χ2n) is 3.03. The number of rotatable bonds is 0. The van der Waals surface area contributed by atoms with Crippen LogP contribution in [0.25, 0.3) is 0 Å². The summed E-state index contributed by atoms with van der Waals surface area (Å²) in [6.45, 7) is 1.68. The largest absolute Gasteiger partial charge is 0.352 e. The van der Waals surface area contributed by atoms with Crippen molar-refractivity contribution in [1.29, 1.82) is 0 Å². The molecule has 68 valence electrons. The number of aryl methyl sites for hydroxylation is 1. The van der Waals surface area contributed by atoms with Crippen LogP contribution in [0.1, 0.15) is 11.1 Å². The van der Waals surface area contributed by atoms with Gasteiger partial charge in [0.2, 0.25) is 0 Å². The third-order valence-corrected chi connectivity index (χ3v) is 2.13. The number of hydrogen-bond acceptors (Lipinski definition) is 1. The minimum atomic E-state index is -3.37. The average Bonchev–Trinajstić information content (AvgIpc) is 2.28. The maximum Gasteiger partial charge on any atom is 0.352 e. The van der Waals surface area contributed by atoms with Gasteiger partial charge in [-0.2, -0.15) is 8.78 Å². The summed E-state index contributed by atoms with van der Waals surface area (Å²) in [4.78, 5) is 10.8. The maximum atomic E-state index is 13.1. The number of hydrogen-bond donors (Lipinski definition) is 1. The van der Waals surface area contributed by atoms with E-state index in [0.29, 0.717) is 5.56 Å². The van der Waals surface area contributed by atoms with E-state index in [1.54, 1.807) is 13.0 Å². The van der Waals surface area contributed by atoms with Gasteiger partial charge in [0.1, 0.15) is 0 Å². The van der Waals surface area contributed by atoms with Gasteiger partial charge in [-0.1, -0.05) is 18.2 Å². The van der Waals surface area contributed by atoms with Gasteiger partial charge in [0.05, 0.1) is 11.3 Å². The van der Waals surface area contributed by atoms with Gasteiger partial charge < -0.3 is 5.32 Å². The number of fused-ring (bicyclic) bond motifs is 1. The first-order chi connectivity index (χ1) is 6.03. The highest BCUT2D eigenvalue weighted by molar-refractivity contribution is 6.04. The summed E-state index contributed by atoms with van der Waals surface area (Å²) in [5.41, 5.74) is 0.679. The minimum absolute atomic E-state index is 0.225. The number of carbonyl (C=O) groups excluding carboxylic acids is 1. The van der Waals surface area contributed by atoms with Crippen LogP contribution in [0.5, 0.6) is 0 Å². The molecule has 0 radical (unpaired) electrons. The van der Waals surface area contributed by atoms with Crippen LogP contribution in [0, 0.1) is 6.92 Å². The number of para-hydroxylation sites is 1. The minimum Gasteiger partial charge on any atom is -0.320 e. The number of alkyl halides is 2. The van der Waals surface area contributed by atoms with Crippen LogP contribution >= 0.6 is 0 Å². The van der Waals surface area contributed by atoms with Crippen LogP contribution in [-0.4, -0.2) is 5.91 Å². The van der Waals surface area contributed by atoms with Crippen molar-refractivity contribution in [1.82, 2.24) is 0 Å². The van der Waals surface area contributed by atoms with Gasteiger partial charge in [-0.3, -0.25) is 4.79 Å². The van der Waals surface area contributed by atoms with Crippen LogP contribution in [0.3, 0.4) is 0 Å². The summed E-state index contributed by atoms with van der Waals surface area (Å²) >= 11 is 0. The van der Waals surface area contributed by atoms with E-state index in [9.17, 15) is 13.6 Å². The molecule has 0 spiro atoms. The summed E-state index contributed by atoms with van der Waals surface area (Å²) in [5, 5.41) is 2.17. The molecule has 0 aliphatic carbocycles. The smallest absolute Gasteiger partial charge is 0.320 e. The van der Waals surface area contributed by atoms with E-state index in [-0.39, 0.29) is 11.3 Å². The number of halogens is 2. The average molecular weight is 183 g/mol. The molecule has 0 fully saturated rings. The lowest BCUT2D eigenvalue weighted by Gasteiger charge is -2.05. The zero-order valence-electron chi connectivity index (χ0n) is 6.90.